The highest BCUT2D eigenvalue weighted by atomic mass is 15.1. The van der Waals surface area contributed by atoms with Crippen LogP contribution in [0.5, 0.6) is 0 Å². The number of para-hydroxylation sites is 2. The molecule has 2 aliphatic rings. The van der Waals surface area contributed by atoms with E-state index in [-0.39, 0.29) is 0 Å². The van der Waals surface area contributed by atoms with E-state index in [1.54, 1.807) is 0 Å². The van der Waals surface area contributed by atoms with Gasteiger partial charge in [0.15, 0.2) is 0 Å². The zero-order valence-electron chi connectivity index (χ0n) is 13.7. The number of fused-ring (bicyclic) bond motifs is 2. The first kappa shape index (κ1) is 14.2. The molecule has 0 atom stereocenters. The highest BCUT2D eigenvalue weighted by Gasteiger charge is 2.20. The zero-order chi connectivity index (χ0) is 15.8. The van der Waals surface area contributed by atoms with Crippen LogP contribution in [0.2, 0.25) is 0 Å². The minimum absolute atomic E-state index is 1.01. The molecule has 0 spiro atoms. The van der Waals surface area contributed by atoms with Gasteiger partial charge in [-0.2, -0.15) is 0 Å². The van der Waals surface area contributed by atoms with Crippen molar-refractivity contribution in [1.82, 2.24) is 4.90 Å². The van der Waals surface area contributed by atoms with Crippen LogP contribution in [0.25, 0.3) is 5.57 Å². The molecular weight excluding hydrogens is 282 g/mol. The molecule has 0 aliphatic carbocycles. The second-order valence-electron chi connectivity index (χ2n) is 6.29. The van der Waals surface area contributed by atoms with Gasteiger partial charge in [-0.05, 0) is 31.2 Å². The van der Waals surface area contributed by atoms with Crippen molar-refractivity contribution in [2.24, 2.45) is 4.99 Å². The standard InChI is InChI=1S/C20H21N3/c1-22-12-10-15(11-13-22)17-7-5-9-19-20(17)21-14-16-6-3-4-8-18(16)23(19)2/h3-10,14H,11-13H2,1-2H3. The van der Waals surface area contributed by atoms with E-state index in [2.05, 4.69) is 72.4 Å². The van der Waals surface area contributed by atoms with E-state index in [1.165, 1.54) is 22.5 Å². The van der Waals surface area contributed by atoms with Gasteiger partial charge in [0.1, 0.15) is 0 Å². The van der Waals surface area contributed by atoms with Gasteiger partial charge in [0, 0.05) is 43.2 Å². The van der Waals surface area contributed by atoms with Crippen LogP contribution in [-0.4, -0.2) is 38.3 Å². The quantitative estimate of drug-likeness (QED) is 0.785. The molecule has 4 rings (SSSR count). The first-order chi connectivity index (χ1) is 11.2. The summed E-state index contributed by atoms with van der Waals surface area (Å²) >= 11 is 0. The van der Waals surface area contributed by atoms with Crippen molar-refractivity contribution in [1.29, 1.82) is 0 Å². The third-order valence-corrected chi connectivity index (χ3v) is 4.77. The second kappa shape index (κ2) is 5.67. The van der Waals surface area contributed by atoms with Crippen LogP contribution in [0.1, 0.15) is 17.5 Å². The molecular formula is C20H21N3. The number of rotatable bonds is 1. The average Bonchev–Trinajstić information content (AvgIpc) is 2.73. The van der Waals surface area contributed by atoms with Crippen molar-refractivity contribution in [3.8, 4) is 0 Å². The van der Waals surface area contributed by atoms with Gasteiger partial charge in [0.05, 0.1) is 11.4 Å². The maximum Gasteiger partial charge on any atom is 0.0941 e. The third kappa shape index (κ3) is 2.47. The molecule has 3 nitrogen and oxygen atoms in total. The van der Waals surface area contributed by atoms with Gasteiger partial charge in [-0.1, -0.05) is 36.4 Å². The highest BCUT2D eigenvalue weighted by Crippen LogP contribution is 2.42. The fourth-order valence-electron chi connectivity index (χ4n) is 3.38. The van der Waals surface area contributed by atoms with Crippen LogP contribution in [0.4, 0.5) is 17.1 Å². The van der Waals surface area contributed by atoms with Crippen molar-refractivity contribution in [2.45, 2.75) is 6.42 Å². The lowest BCUT2D eigenvalue weighted by molar-refractivity contribution is 0.370. The Kier molecular flexibility index (Phi) is 3.50. The molecule has 116 valence electrons. The minimum atomic E-state index is 1.01. The van der Waals surface area contributed by atoms with Crippen LogP contribution in [0.3, 0.4) is 0 Å². The number of anilines is 2. The summed E-state index contributed by atoms with van der Waals surface area (Å²) in [6.45, 7) is 2.12. The molecule has 0 fully saturated rings. The van der Waals surface area contributed by atoms with E-state index in [4.69, 9.17) is 4.99 Å². The Morgan fingerprint density at radius 2 is 1.78 bits per heavy atom. The molecule has 0 aromatic heterocycles. The first-order valence-corrected chi connectivity index (χ1v) is 8.12. The van der Waals surface area contributed by atoms with Crippen molar-refractivity contribution in [3.63, 3.8) is 0 Å². The maximum atomic E-state index is 4.85. The van der Waals surface area contributed by atoms with Crippen LogP contribution in [0, 0.1) is 0 Å². The Labute approximate surface area is 137 Å². The highest BCUT2D eigenvalue weighted by molar-refractivity contribution is 5.98. The molecule has 0 amide bonds. The average molecular weight is 303 g/mol. The third-order valence-electron chi connectivity index (χ3n) is 4.77. The van der Waals surface area contributed by atoms with Crippen LogP contribution < -0.4 is 4.90 Å². The van der Waals surface area contributed by atoms with Crippen molar-refractivity contribution >= 4 is 28.8 Å². The van der Waals surface area contributed by atoms with Crippen molar-refractivity contribution < 1.29 is 0 Å². The van der Waals surface area contributed by atoms with E-state index in [1.807, 2.05) is 6.21 Å². The largest absolute Gasteiger partial charge is 0.342 e. The predicted molar refractivity (Wildman–Crippen MR) is 98.3 cm³/mol. The van der Waals surface area contributed by atoms with Crippen LogP contribution in [-0.2, 0) is 0 Å². The van der Waals surface area contributed by atoms with E-state index in [9.17, 15) is 0 Å². The van der Waals surface area contributed by atoms with Gasteiger partial charge in [-0.25, -0.2) is 0 Å². The van der Waals surface area contributed by atoms with Gasteiger partial charge in [-0.15, -0.1) is 0 Å². The smallest absolute Gasteiger partial charge is 0.0941 e. The molecule has 3 heteroatoms. The number of aliphatic imine (C=N–C) groups is 1. The Balaban J connectivity index is 1.85. The summed E-state index contributed by atoms with van der Waals surface area (Å²) in [4.78, 5) is 9.44. The van der Waals surface area contributed by atoms with Gasteiger partial charge < -0.3 is 9.80 Å². The van der Waals surface area contributed by atoms with Crippen molar-refractivity contribution in [2.75, 3.05) is 32.1 Å². The molecule has 23 heavy (non-hydrogen) atoms. The van der Waals surface area contributed by atoms with E-state index < -0.39 is 0 Å². The number of nitrogens with zero attached hydrogens (tertiary/aromatic N) is 3. The monoisotopic (exact) mass is 303 g/mol. The molecule has 2 heterocycles. The number of benzene rings is 2. The molecule has 0 bridgehead atoms. The lowest BCUT2D eigenvalue weighted by Crippen LogP contribution is -2.23. The fourth-order valence-corrected chi connectivity index (χ4v) is 3.38. The van der Waals surface area contributed by atoms with Crippen molar-refractivity contribution in [3.05, 3.63) is 59.7 Å². The Bertz CT molecular complexity index is 804. The minimum Gasteiger partial charge on any atom is -0.342 e. The summed E-state index contributed by atoms with van der Waals surface area (Å²) in [6.07, 6.45) is 5.42. The number of hydrogen-bond donors (Lipinski definition) is 0. The molecule has 0 saturated heterocycles. The predicted octanol–water partition coefficient (Wildman–Crippen LogP) is 4.24. The molecule has 2 aromatic carbocycles. The summed E-state index contributed by atoms with van der Waals surface area (Å²) < 4.78 is 0. The van der Waals surface area contributed by atoms with Gasteiger partial charge >= 0.3 is 0 Å². The van der Waals surface area contributed by atoms with Gasteiger partial charge in [0.2, 0.25) is 0 Å². The van der Waals surface area contributed by atoms with E-state index >= 15 is 0 Å². The SMILES string of the molecule is CN1CC=C(c2cccc3c2N=Cc2ccccc2N3C)CC1. The summed E-state index contributed by atoms with van der Waals surface area (Å²) in [7, 11) is 4.29. The maximum absolute atomic E-state index is 4.85. The topological polar surface area (TPSA) is 18.8 Å². The Morgan fingerprint density at radius 1 is 0.957 bits per heavy atom. The molecule has 2 aromatic rings. The summed E-state index contributed by atoms with van der Waals surface area (Å²) in [5.41, 5.74) is 7.30. The van der Waals surface area contributed by atoms with E-state index in [0.29, 0.717) is 0 Å². The lowest BCUT2D eigenvalue weighted by Gasteiger charge is -2.25. The van der Waals surface area contributed by atoms with Gasteiger partial charge in [-0.3, -0.25) is 4.99 Å². The molecule has 0 unspecified atom stereocenters. The number of likely N-dealkylation sites (N-methyl/N-ethyl adjacent to an activating group) is 1. The van der Waals surface area contributed by atoms with Crippen LogP contribution >= 0.6 is 0 Å². The fraction of sp³-hybridized carbons (Fsp3) is 0.250. The normalized spacial score (nSPS) is 17.3. The molecule has 0 N–H and O–H groups in total. The van der Waals surface area contributed by atoms with Crippen LogP contribution in [0.15, 0.2) is 53.5 Å². The molecule has 2 aliphatic heterocycles. The summed E-state index contributed by atoms with van der Waals surface area (Å²) in [5, 5.41) is 0. The zero-order valence-corrected chi connectivity index (χ0v) is 13.7. The molecule has 0 radical (unpaired) electrons. The Hall–Kier alpha value is -2.39. The summed E-state index contributed by atoms with van der Waals surface area (Å²) in [6, 6.07) is 14.9. The second-order valence-corrected chi connectivity index (χ2v) is 6.29. The molecule has 0 saturated carbocycles. The first-order valence-electron chi connectivity index (χ1n) is 8.12. The van der Waals surface area contributed by atoms with E-state index in [0.717, 1.165) is 30.8 Å². The number of hydrogen-bond acceptors (Lipinski definition) is 3. The van der Waals surface area contributed by atoms with Gasteiger partial charge in [0.25, 0.3) is 0 Å². The lowest BCUT2D eigenvalue weighted by atomic mass is 9.97. The summed E-state index contributed by atoms with van der Waals surface area (Å²) in [5.74, 6) is 0. The Morgan fingerprint density at radius 3 is 2.61 bits per heavy atom.